The number of hydrogen-bond acceptors (Lipinski definition) is 5. The minimum atomic E-state index is -0.674. The van der Waals surface area contributed by atoms with E-state index in [0.29, 0.717) is 23.5 Å². The van der Waals surface area contributed by atoms with Crippen LogP contribution in [0.5, 0.6) is 5.75 Å². The molecule has 0 saturated carbocycles. The van der Waals surface area contributed by atoms with Gasteiger partial charge in [0.25, 0.3) is 5.91 Å². The minimum absolute atomic E-state index is 0.297. The highest BCUT2D eigenvalue weighted by Gasteiger charge is 2.12. The van der Waals surface area contributed by atoms with Crippen molar-refractivity contribution in [3.05, 3.63) is 65.7 Å². The predicted octanol–water partition coefficient (Wildman–Crippen LogP) is 3.02. The van der Waals surface area contributed by atoms with Crippen molar-refractivity contribution < 1.29 is 23.9 Å². The molecule has 0 atom stereocenters. The largest absolute Gasteiger partial charge is 0.494 e. The van der Waals surface area contributed by atoms with Gasteiger partial charge in [-0.25, -0.2) is 0 Å². The Bertz CT molecular complexity index is 756. The van der Waals surface area contributed by atoms with Crippen LogP contribution in [0, 0.1) is 0 Å². The van der Waals surface area contributed by atoms with Crippen LogP contribution >= 0.6 is 0 Å². The normalized spacial score (nSPS) is 10.1. The van der Waals surface area contributed by atoms with E-state index in [1.165, 1.54) is 0 Å². The Morgan fingerprint density at radius 2 is 1.63 bits per heavy atom. The molecule has 0 aliphatic carbocycles. The lowest BCUT2D eigenvalue weighted by Crippen LogP contribution is -2.31. The topological polar surface area (TPSA) is 81.7 Å². The molecule has 0 heterocycles. The third-order valence-corrected chi connectivity index (χ3v) is 3.74. The first-order valence-electron chi connectivity index (χ1n) is 8.85. The van der Waals surface area contributed by atoms with E-state index in [1.54, 1.807) is 54.6 Å². The van der Waals surface area contributed by atoms with Crippen molar-refractivity contribution in [1.82, 2.24) is 5.32 Å². The number of ketones is 1. The monoisotopic (exact) mass is 369 g/mol. The Labute approximate surface area is 158 Å². The van der Waals surface area contributed by atoms with E-state index in [1.807, 2.05) is 0 Å². The van der Waals surface area contributed by atoms with Gasteiger partial charge in [-0.1, -0.05) is 43.7 Å². The summed E-state index contributed by atoms with van der Waals surface area (Å²) in [5, 5.41) is 2.47. The number of rotatable bonds is 10. The summed E-state index contributed by atoms with van der Waals surface area (Å²) in [6.45, 7) is 2.05. The van der Waals surface area contributed by atoms with Gasteiger partial charge >= 0.3 is 5.97 Å². The zero-order chi connectivity index (χ0) is 19.5. The molecule has 0 aliphatic rings. The number of unbranched alkanes of at least 4 members (excludes halogenated alkanes) is 1. The second kappa shape index (κ2) is 10.8. The molecule has 2 aromatic rings. The summed E-state index contributed by atoms with van der Waals surface area (Å²) in [5.74, 6) is -0.679. The molecule has 2 rings (SSSR count). The molecule has 2 aromatic carbocycles. The fourth-order valence-corrected chi connectivity index (χ4v) is 2.20. The number of ether oxygens (including phenoxy) is 2. The van der Waals surface area contributed by atoms with Gasteiger partial charge in [0.2, 0.25) is 0 Å². The maximum absolute atomic E-state index is 12.1. The molecule has 0 unspecified atom stereocenters. The number of nitrogens with one attached hydrogen (secondary N) is 1. The highest BCUT2D eigenvalue weighted by atomic mass is 16.5. The van der Waals surface area contributed by atoms with E-state index >= 15 is 0 Å². The van der Waals surface area contributed by atoms with E-state index in [9.17, 15) is 14.4 Å². The smallest absolute Gasteiger partial charge is 0.325 e. The summed E-state index contributed by atoms with van der Waals surface area (Å²) in [6.07, 6.45) is 2.02. The summed E-state index contributed by atoms with van der Waals surface area (Å²) < 4.78 is 10.4. The molecule has 0 radical (unpaired) electrons. The molecule has 0 fully saturated rings. The van der Waals surface area contributed by atoms with E-state index in [-0.39, 0.29) is 18.9 Å². The maximum Gasteiger partial charge on any atom is 0.325 e. The highest BCUT2D eigenvalue weighted by molar-refractivity contribution is 5.98. The van der Waals surface area contributed by atoms with Crippen LogP contribution in [0.4, 0.5) is 0 Å². The summed E-state index contributed by atoms with van der Waals surface area (Å²) in [4.78, 5) is 35.6. The van der Waals surface area contributed by atoms with Gasteiger partial charge in [-0.05, 0) is 30.7 Å². The van der Waals surface area contributed by atoms with Crippen molar-refractivity contribution in [1.29, 1.82) is 0 Å². The molecule has 0 bridgehead atoms. The first-order chi connectivity index (χ1) is 13.1. The van der Waals surface area contributed by atoms with Crippen molar-refractivity contribution in [2.45, 2.75) is 19.8 Å². The Hall–Kier alpha value is -3.15. The Balaban J connectivity index is 1.72. The number of hydrogen-bond donors (Lipinski definition) is 1. The van der Waals surface area contributed by atoms with E-state index in [2.05, 4.69) is 12.2 Å². The van der Waals surface area contributed by atoms with Crippen molar-refractivity contribution >= 4 is 17.7 Å². The fraction of sp³-hybridized carbons (Fsp3) is 0.286. The Kier molecular flexibility index (Phi) is 8.03. The van der Waals surface area contributed by atoms with Crippen LogP contribution in [0.2, 0.25) is 0 Å². The van der Waals surface area contributed by atoms with Crippen LogP contribution < -0.4 is 10.1 Å². The second-order valence-electron chi connectivity index (χ2n) is 5.86. The van der Waals surface area contributed by atoms with Gasteiger partial charge in [0.15, 0.2) is 12.4 Å². The lowest BCUT2D eigenvalue weighted by Gasteiger charge is -2.08. The fourth-order valence-electron chi connectivity index (χ4n) is 2.20. The first-order valence-corrected chi connectivity index (χ1v) is 8.85. The van der Waals surface area contributed by atoms with Crippen molar-refractivity contribution in [3.8, 4) is 5.75 Å². The molecule has 1 N–H and O–H groups in total. The maximum atomic E-state index is 12.1. The van der Waals surface area contributed by atoms with Gasteiger partial charge < -0.3 is 14.8 Å². The van der Waals surface area contributed by atoms with Crippen LogP contribution in [0.25, 0.3) is 0 Å². The number of amides is 1. The zero-order valence-electron chi connectivity index (χ0n) is 15.3. The highest BCUT2D eigenvalue weighted by Crippen LogP contribution is 2.12. The zero-order valence-corrected chi connectivity index (χ0v) is 15.3. The van der Waals surface area contributed by atoms with Gasteiger partial charge in [-0.15, -0.1) is 0 Å². The van der Waals surface area contributed by atoms with Crippen molar-refractivity contribution in [2.75, 3.05) is 19.8 Å². The van der Waals surface area contributed by atoms with Crippen LogP contribution in [0.15, 0.2) is 54.6 Å². The third kappa shape index (κ3) is 6.93. The molecule has 0 spiro atoms. The second-order valence-corrected chi connectivity index (χ2v) is 5.86. The SMILES string of the molecule is CCCCOc1ccc(C(=O)NCC(=O)OCC(=O)c2ccccc2)cc1. The number of carbonyl (C=O) groups excluding carboxylic acids is 3. The summed E-state index contributed by atoms with van der Waals surface area (Å²) in [5.41, 5.74) is 0.876. The Morgan fingerprint density at radius 3 is 2.30 bits per heavy atom. The number of esters is 1. The molecule has 0 aromatic heterocycles. The quantitative estimate of drug-likeness (QED) is 0.395. The van der Waals surface area contributed by atoms with Crippen LogP contribution in [-0.4, -0.2) is 37.4 Å². The lowest BCUT2D eigenvalue weighted by molar-refractivity contribution is -0.141. The molecule has 142 valence electrons. The molecular formula is C21H23NO5. The molecule has 27 heavy (non-hydrogen) atoms. The summed E-state index contributed by atoms with van der Waals surface area (Å²) in [6, 6.07) is 15.2. The molecule has 1 amide bonds. The molecule has 0 saturated heterocycles. The van der Waals surface area contributed by atoms with E-state index in [0.717, 1.165) is 12.8 Å². The van der Waals surface area contributed by atoms with Gasteiger partial charge in [-0.2, -0.15) is 0 Å². The van der Waals surface area contributed by atoms with E-state index < -0.39 is 11.9 Å². The summed E-state index contributed by atoms with van der Waals surface area (Å²) >= 11 is 0. The standard InChI is InChI=1S/C21H23NO5/c1-2-3-13-26-18-11-9-17(10-12-18)21(25)22-14-20(24)27-15-19(23)16-7-5-4-6-8-16/h4-12H,2-3,13-15H2,1H3,(H,22,25). The summed E-state index contributed by atoms with van der Waals surface area (Å²) in [7, 11) is 0. The van der Waals surface area contributed by atoms with Crippen molar-refractivity contribution in [2.24, 2.45) is 0 Å². The van der Waals surface area contributed by atoms with Crippen LogP contribution in [-0.2, 0) is 9.53 Å². The van der Waals surface area contributed by atoms with Gasteiger partial charge in [0.05, 0.1) is 6.61 Å². The van der Waals surface area contributed by atoms with Gasteiger partial charge in [-0.3, -0.25) is 14.4 Å². The van der Waals surface area contributed by atoms with Crippen LogP contribution in [0.3, 0.4) is 0 Å². The average Bonchev–Trinajstić information content (AvgIpc) is 2.71. The number of benzene rings is 2. The molecule has 6 heteroatoms. The van der Waals surface area contributed by atoms with E-state index in [4.69, 9.17) is 9.47 Å². The Morgan fingerprint density at radius 1 is 0.926 bits per heavy atom. The number of carbonyl (C=O) groups is 3. The molecule has 0 aliphatic heterocycles. The van der Waals surface area contributed by atoms with Gasteiger partial charge in [0, 0.05) is 11.1 Å². The first kappa shape index (κ1) is 20.2. The van der Waals surface area contributed by atoms with Gasteiger partial charge in [0.1, 0.15) is 12.3 Å². The minimum Gasteiger partial charge on any atom is -0.494 e. The average molecular weight is 369 g/mol. The van der Waals surface area contributed by atoms with Crippen LogP contribution in [0.1, 0.15) is 40.5 Å². The van der Waals surface area contributed by atoms with Crippen molar-refractivity contribution in [3.63, 3.8) is 0 Å². The molecular weight excluding hydrogens is 346 g/mol. The third-order valence-electron chi connectivity index (χ3n) is 3.74. The predicted molar refractivity (Wildman–Crippen MR) is 101 cm³/mol. The number of Topliss-reactive ketones (excluding diaryl/α,β-unsaturated/α-hetero) is 1. The molecule has 6 nitrogen and oxygen atoms in total. The lowest BCUT2D eigenvalue weighted by atomic mass is 10.1.